The van der Waals surface area contributed by atoms with E-state index in [-0.39, 0.29) is 12.1 Å². The molecule has 6 nitrogen and oxygen atoms in total. The van der Waals surface area contributed by atoms with Gasteiger partial charge in [0.15, 0.2) is 0 Å². The van der Waals surface area contributed by atoms with Crippen LogP contribution < -0.4 is 15.6 Å². The molecule has 0 saturated heterocycles. The lowest BCUT2D eigenvalue weighted by Gasteiger charge is -2.13. The number of methoxy groups -OCH3 is 1. The first-order valence-electron chi connectivity index (χ1n) is 8.25. The van der Waals surface area contributed by atoms with E-state index in [9.17, 15) is 9.59 Å². The van der Waals surface area contributed by atoms with Crippen LogP contribution in [0.4, 0.5) is 5.69 Å². The third-order valence-corrected chi connectivity index (χ3v) is 4.39. The average Bonchev–Trinajstić information content (AvgIpc) is 2.67. The molecule has 0 unspecified atom stereocenters. The van der Waals surface area contributed by atoms with Gasteiger partial charge in [-0.15, -0.1) is 0 Å². The van der Waals surface area contributed by atoms with Crippen LogP contribution in [0.3, 0.4) is 0 Å². The van der Waals surface area contributed by atoms with Crippen LogP contribution in [0.1, 0.15) is 5.56 Å². The van der Waals surface area contributed by atoms with E-state index in [4.69, 9.17) is 16.3 Å². The molecule has 2 aromatic carbocycles. The number of hydrogen-bond donors (Lipinski definition) is 1. The van der Waals surface area contributed by atoms with Crippen molar-refractivity contribution in [3.63, 3.8) is 0 Å². The molecule has 3 rings (SSSR count). The van der Waals surface area contributed by atoms with E-state index in [2.05, 4.69) is 10.4 Å². The number of benzene rings is 2. The zero-order valence-electron chi connectivity index (χ0n) is 14.9. The van der Waals surface area contributed by atoms with Crippen molar-refractivity contribution in [3.05, 3.63) is 75.5 Å². The highest BCUT2D eigenvalue weighted by Gasteiger charge is 2.12. The first kappa shape index (κ1) is 18.7. The summed E-state index contributed by atoms with van der Waals surface area (Å²) in [6.45, 7) is 1.61. The minimum Gasteiger partial charge on any atom is -0.495 e. The Hall–Kier alpha value is -3.12. The Morgan fingerprint density at radius 3 is 2.63 bits per heavy atom. The molecular weight excluding hydrogens is 366 g/mol. The molecule has 0 aliphatic heterocycles. The smallest absolute Gasteiger partial charge is 0.267 e. The highest BCUT2D eigenvalue weighted by molar-refractivity contribution is 6.31. The average molecular weight is 384 g/mol. The summed E-state index contributed by atoms with van der Waals surface area (Å²) in [5.41, 5.74) is 2.40. The van der Waals surface area contributed by atoms with E-state index in [1.165, 1.54) is 13.2 Å². The van der Waals surface area contributed by atoms with Gasteiger partial charge >= 0.3 is 0 Å². The van der Waals surface area contributed by atoms with E-state index in [0.717, 1.165) is 15.8 Å². The molecule has 138 valence electrons. The maximum absolute atomic E-state index is 12.4. The Bertz CT molecular complexity index is 1030. The van der Waals surface area contributed by atoms with Gasteiger partial charge < -0.3 is 10.1 Å². The van der Waals surface area contributed by atoms with Gasteiger partial charge in [0.2, 0.25) is 5.91 Å². The molecule has 0 fully saturated rings. The second-order valence-corrected chi connectivity index (χ2v) is 6.34. The van der Waals surface area contributed by atoms with Crippen molar-refractivity contribution in [3.8, 4) is 17.0 Å². The number of nitrogens with one attached hydrogen (secondary N) is 1. The molecule has 27 heavy (non-hydrogen) atoms. The first-order chi connectivity index (χ1) is 13.0. The van der Waals surface area contributed by atoms with Gasteiger partial charge in [0.25, 0.3) is 5.56 Å². The van der Waals surface area contributed by atoms with Crippen molar-refractivity contribution in [1.82, 2.24) is 9.78 Å². The van der Waals surface area contributed by atoms with Crippen LogP contribution in [0, 0.1) is 6.92 Å². The van der Waals surface area contributed by atoms with Crippen molar-refractivity contribution >= 4 is 23.2 Å². The van der Waals surface area contributed by atoms with Crippen LogP contribution in [-0.2, 0) is 11.3 Å². The van der Waals surface area contributed by atoms with E-state index < -0.39 is 5.91 Å². The van der Waals surface area contributed by atoms with Crippen LogP contribution >= 0.6 is 11.6 Å². The summed E-state index contributed by atoms with van der Waals surface area (Å²) < 4.78 is 6.38. The maximum Gasteiger partial charge on any atom is 0.267 e. The third-order valence-electron chi connectivity index (χ3n) is 3.98. The number of rotatable bonds is 5. The summed E-state index contributed by atoms with van der Waals surface area (Å²) >= 11 is 6.08. The van der Waals surface area contributed by atoms with Gasteiger partial charge in [-0.2, -0.15) is 5.10 Å². The van der Waals surface area contributed by atoms with Crippen molar-refractivity contribution in [2.75, 3.05) is 12.4 Å². The van der Waals surface area contributed by atoms with Crippen molar-refractivity contribution in [2.24, 2.45) is 0 Å². The van der Waals surface area contributed by atoms with Gasteiger partial charge in [-0.1, -0.05) is 41.9 Å². The van der Waals surface area contributed by atoms with Crippen LogP contribution in [0.15, 0.2) is 59.4 Å². The summed E-state index contributed by atoms with van der Waals surface area (Å²) in [5.74, 6) is 0.0483. The topological polar surface area (TPSA) is 73.2 Å². The summed E-state index contributed by atoms with van der Waals surface area (Å²) in [6.07, 6.45) is 0. The van der Waals surface area contributed by atoms with Crippen molar-refractivity contribution in [1.29, 1.82) is 0 Å². The molecule has 1 amide bonds. The second kappa shape index (κ2) is 8.05. The number of halogens is 1. The summed E-state index contributed by atoms with van der Waals surface area (Å²) in [6, 6.07) is 15.8. The molecule has 0 saturated carbocycles. The van der Waals surface area contributed by atoms with Crippen LogP contribution in [0.25, 0.3) is 11.3 Å². The number of nitrogens with zero attached hydrogens (tertiary/aromatic N) is 2. The van der Waals surface area contributed by atoms with Gasteiger partial charge in [-0.3, -0.25) is 9.59 Å². The number of ether oxygens (including phenoxy) is 1. The SMILES string of the molecule is COc1cc(Cl)c(C)cc1NC(=O)Cn1nc(-c2ccccc2)ccc1=O. The largest absolute Gasteiger partial charge is 0.495 e. The minimum atomic E-state index is -0.394. The van der Waals surface area contributed by atoms with E-state index >= 15 is 0 Å². The number of carbonyl (C=O) groups is 1. The highest BCUT2D eigenvalue weighted by atomic mass is 35.5. The molecule has 0 spiro atoms. The number of aromatic nitrogens is 2. The minimum absolute atomic E-state index is 0.218. The second-order valence-electron chi connectivity index (χ2n) is 5.93. The van der Waals surface area contributed by atoms with E-state index in [1.54, 1.807) is 18.2 Å². The fraction of sp³-hybridized carbons (Fsp3) is 0.150. The summed E-state index contributed by atoms with van der Waals surface area (Å²) in [7, 11) is 1.49. The van der Waals surface area contributed by atoms with Crippen LogP contribution in [-0.4, -0.2) is 22.8 Å². The molecule has 1 heterocycles. The van der Waals surface area contributed by atoms with Crippen molar-refractivity contribution in [2.45, 2.75) is 13.5 Å². The molecule has 1 N–H and O–H groups in total. The molecule has 3 aromatic rings. The summed E-state index contributed by atoms with van der Waals surface area (Å²) in [4.78, 5) is 24.5. The Morgan fingerprint density at radius 2 is 1.93 bits per heavy atom. The van der Waals surface area contributed by atoms with Gasteiger partial charge in [-0.05, 0) is 24.6 Å². The predicted octanol–water partition coefficient (Wildman–Crippen LogP) is 3.52. The quantitative estimate of drug-likeness (QED) is 0.731. The molecular formula is C20H18ClN3O3. The molecule has 7 heteroatoms. The number of amides is 1. The first-order valence-corrected chi connectivity index (χ1v) is 8.63. The number of hydrogen-bond acceptors (Lipinski definition) is 4. The molecule has 1 aromatic heterocycles. The predicted molar refractivity (Wildman–Crippen MR) is 105 cm³/mol. The summed E-state index contributed by atoms with van der Waals surface area (Å²) in [5, 5.41) is 7.57. The maximum atomic E-state index is 12.4. The molecule has 0 atom stereocenters. The zero-order chi connectivity index (χ0) is 19.4. The fourth-order valence-electron chi connectivity index (χ4n) is 2.58. The normalized spacial score (nSPS) is 10.5. The van der Waals surface area contributed by atoms with Gasteiger partial charge in [0.1, 0.15) is 12.3 Å². The Labute approximate surface area is 161 Å². The molecule has 0 aliphatic carbocycles. The van der Waals surface area contributed by atoms with E-state index in [0.29, 0.717) is 22.2 Å². The third kappa shape index (κ3) is 4.35. The highest BCUT2D eigenvalue weighted by Crippen LogP contribution is 2.30. The number of anilines is 1. The lowest BCUT2D eigenvalue weighted by Crippen LogP contribution is -2.29. The monoisotopic (exact) mass is 383 g/mol. The van der Waals surface area contributed by atoms with Crippen molar-refractivity contribution < 1.29 is 9.53 Å². The van der Waals surface area contributed by atoms with Crippen LogP contribution in [0.5, 0.6) is 5.75 Å². The van der Waals surface area contributed by atoms with E-state index in [1.807, 2.05) is 37.3 Å². The Morgan fingerprint density at radius 1 is 1.19 bits per heavy atom. The van der Waals surface area contributed by atoms with Gasteiger partial charge in [0.05, 0.1) is 18.5 Å². The molecule has 0 bridgehead atoms. The number of aryl methyl sites for hydroxylation is 1. The lowest BCUT2D eigenvalue weighted by atomic mass is 10.1. The Balaban J connectivity index is 1.83. The zero-order valence-corrected chi connectivity index (χ0v) is 15.7. The lowest BCUT2D eigenvalue weighted by molar-refractivity contribution is -0.117. The van der Waals surface area contributed by atoms with Gasteiger partial charge in [0, 0.05) is 22.7 Å². The Kier molecular flexibility index (Phi) is 5.57. The fourth-order valence-corrected chi connectivity index (χ4v) is 2.73. The van der Waals surface area contributed by atoms with Crippen LogP contribution in [0.2, 0.25) is 5.02 Å². The standard InChI is InChI=1S/C20H18ClN3O3/c1-13-10-17(18(27-2)11-15(13)21)22-19(25)12-24-20(26)9-8-16(23-24)14-6-4-3-5-7-14/h3-11H,12H2,1-2H3,(H,22,25). The number of carbonyl (C=O) groups excluding carboxylic acids is 1. The van der Waals surface area contributed by atoms with Gasteiger partial charge in [-0.25, -0.2) is 4.68 Å². The molecule has 0 radical (unpaired) electrons. The molecule has 0 aliphatic rings.